The van der Waals surface area contributed by atoms with Gasteiger partial charge in [0.2, 0.25) is 0 Å². The number of hydrogen-bond donors (Lipinski definition) is 1. The van der Waals surface area contributed by atoms with Crippen molar-refractivity contribution in [3.8, 4) is 11.5 Å². The van der Waals surface area contributed by atoms with Gasteiger partial charge in [0.05, 0.1) is 31.0 Å². The van der Waals surface area contributed by atoms with Gasteiger partial charge in [-0.25, -0.2) is 5.43 Å². The molecule has 2 aromatic carbocycles. The summed E-state index contributed by atoms with van der Waals surface area (Å²) in [6.45, 7) is 4.20. The Morgan fingerprint density at radius 3 is 2.70 bits per heavy atom. The maximum atomic E-state index is 12.3. The van der Waals surface area contributed by atoms with Crippen molar-refractivity contribution in [2.24, 2.45) is 5.10 Å². The van der Waals surface area contributed by atoms with E-state index < -0.39 is 10.8 Å². The van der Waals surface area contributed by atoms with E-state index >= 15 is 0 Å². The maximum Gasteiger partial charge on any atom is 0.271 e. The van der Waals surface area contributed by atoms with E-state index in [9.17, 15) is 19.7 Å². The summed E-state index contributed by atoms with van der Waals surface area (Å²) in [7, 11) is 0. The van der Waals surface area contributed by atoms with E-state index in [-0.39, 0.29) is 23.8 Å². The molecule has 1 heterocycles. The Morgan fingerprint density at radius 2 is 1.97 bits per heavy atom. The molecule has 0 spiro atoms. The minimum Gasteiger partial charge on any atom is -0.490 e. The molecule has 0 atom stereocenters. The lowest BCUT2D eigenvalue weighted by atomic mass is 10.2. The lowest BCUT2D eigenvalue weighted by Gasteiger charge is -2.26. The fourth-order valence-electron chi connectivity index (χ4n) is 3.03. The molecule has 0 aliphatic carbocycles. The van der Waals surface area contributed by atoms with Crippen LogP contribution in [0, 0.1) is 10.1 Å². The number of nitrogens with zero attached hydrogens (tertiary/aromatic N) is 3. The molecule has 1 aliphatic heterocycles. The summed E-state index contributed by atoms with van der Waals surface area (Å²) in [5, 5.41) is 14.7. The molecule has 1 fully saturated rings. The molecular weight excluding hydrogens is 432 g/mol. The molecule has 1 aliphatic rings. The summed E-state index contributed by atoms with van der Waals surface area (Å²) in [6.07, 6.45) is 1.40. The second-order valence-corrected chi connectivity index (χ2v) is 6.93. The highest BCUT2D eigenvalue weighted by Gasteiger charge is 2.18. The number of nitrogens with one attached hydrogen (secondary N) is 1. The standard InChI is InChI=1S/C22H24N4O7/c1-2-32-20-12-16(6-7-19(20)33-15-21(27)25-8-10-31-11-9-25)14-23-24-22(28)17-4-3-5-18(13-17)26(29)30/h3-7,12-14H,2,8-11,15H2,1H3,(H,24,28)/b23-14+. The van der Waals surface area contributed by atoms with E-state index in [0.29, 0.717) is 50.0 Å². The quantitative estimate of drug-likeness (QED) is 0.347. The van der Waals surface area contributed by atoms with E-state index in [1.165, 1.54) is 30.5 Å². The molecule has 1 saturated heterocycles. The van der Waals surface area contributed by atoms with Gasteiger partial charge in [-0.05, 0) is 36.8 Å². The summed E-state index contributed by atoms with van der Waals surface area (Å²) >= 11 is 0. The molecule has 2 amide bonds. The molecule has 174 valence electrons. The number of carbonyl (C=O) groups excluding carboxylic acids is 2. The third-order valence-electron chi connectivity index (χ3n) is 4.68. The van der Waals surface area contributed by atoms with E-state index in [4.69, 9.17) is 14.2 Å². The first-order valence-electron chi connectivity index (χ1n) is 10.3. The van der Waals surface area contributed by atoms with Gasteiger partial charge in [0.1, 0.15) is 0 Å². The van der Waals surface area contributed by atoms with Crippen molar-refractivity contribution < 1.29 is 28.7 Å². The van der Waals surface area contributed by atoms with Crippen molar-refractivity contribution in [3.63, 3.8) is 0 Å². The first-order chi connectivity index (χ1) is 16.0. The minimum absolute atomic E-state index is 0.116. The Balaban J connectivity index is 1.61. The lowest BCUT2D eigenvalue weighted by molar-refractivity contribution is -0.384. The van der Waals surface area contributed by atoms with Crippen molar-refractivity contribution in [2.45, 2.75) is 6.92 Å². The predicted molar refractivity (Wildman–Crippen MR) is 119 cm³/mol. The molecule has 3 rings (SSSR count). The highest BCUT2D eigenvalue weighted by Crippen LogP contribution is 2.28. The Labute approximate surface area is 190 Å². The molecule has 0 saturated carbocycles. The van der Waals surface area contributed by atoms with E-state index in [1.807, 2.05) is 6.92 Å². The smallest absolute Gasteiger partial charge is 0.271 e. The number of nitro groups is 1. The second kappa shape index (κ2) is 11.6. The SMILES string of the molecule is CCOc1cc(/C=N/NC(=O)c2cccc([N+](=O)[O-])c2)ccc1OCC(=O)N1CCOCC1. The van der Waals surface area contributed by atoms with Crippen LogP contribution < -0.4 is 14.9 Å². The Morgan fingerprint density at radius 1 is 1.18 bits per heavy atom. The number of non-ortho nitro benzene ring substituents is 1. The van der Waals surface area contributed by atoms with Gasteiger partial charge in [0.25, 0.3) is 17.5 Å². The number of benzene rings is 2. The highest BCUT2D eigenvalue weighted by molar-refractivity contribution is 5.95. The van der Waals surface area contributed by atoms with Crippen LogP contribution in [0.1, 0.15) is 22.8 Å². The average Bonchev–Trinajstić information content (AvgIpc) is 2.84. The van der Waals surface area contributed by atoms with E-state index in [0.717, 1.165) is 0 Å². The third-order valence-corrected chi connectivity index (χ3v) is 4.68. The fourth-order valence-corrected chi connectivity index (χ4v) is 3.03. The van der Waals surface area contributed by atoms with Crippen LogP contribution in [0.25, 0.3) is 0 Å². The fraction of sp³-hybridized carbons (Fsp3) is 0.318. The van der Waals surface area contributed by atoms with E-state index in [2.05, 4.69) is 10.5 Å². The summed E-state index contributed by atoms with van der Waals surface area (Å²) < 4.78 is 16.5. The largest absolute Gasteiger partial charge is 0.490 e. The van der Waals surface area contributed by atoms with Crippen LogP contribution in [-0.2, 0) is 9.53 Å². The van der Waals surface area contributed by atoms with Crippen molar-refractivity contribution >= 4 is 23.7 Å². The summed E-state index contributed by atoms with van der Waals surface area (Å²) in [5.41, 5.74) is 2.88. The van der Waals surface area contributed by atoms with E-state index in [1.54, 1.807) is 23.1 Å². The number of morpholine rings is 1. The van der Waals surface area contributed by atoms with Crippen molar-refractivity contribution in [3.05, 3.63) is 63.7 Å². The van der Waals surface area contributed by atoms with Crippen LogP contribution in [0.3, 0.4) is 0 Å². The topological polar surface area (TPSA) is 133 Å². The number of nitro benzene ring substituents is 1. The number of hydrazone groups is 1. The Bertz CT molecular complexity index is 1040. The van der Waals surface area contributed by atoms with Crippen LogP contribution in [0.15, 0.2) is 47.6 Å². The zero-order valence-corrected chi connectivity index (χ0v) is 18.1. The maximum absolute atomic E-state index is 12.3. The van der Waals surface area contributed by atoms with Crippen LogP contribution in [-0.4, -0.2) is 67.4 Å². The molecule has 11 nitrogen and oxygen atoms in total. The van der Waals surface area contributed by atoms with Gasteiger partial charge >= 0.3 is 0 Å². The summed E-state index contributed by atoms with van der Waals surface area (Å²) in [4.78, 5) is 36.4. The van der Waals surface area contributed by atoms with Crippen LogP contribution in [0.4, 0.5) is 5.69 Å². The van der Waals surface area contributed by atoms with Gasteiger partial charge in [-0.1, -0.05) is 6.07 Å². The molecular formula is C22H24N4O7. The molecule has 0 radical (unpaired) electrons. The predicted octanol–water partition coefficient (Wildman–Crippen LogP) is 1.99. The zero-order chi connectivity index (χ0) is 23.6. The molecule has 33 heavy (non-hydrogen) atoms. The number of rotatable bonds is 9. The Kier molecular flexibility index (Phi) is 8.30. The van der Waals surface area contributed by atoms with Gasteiger partial charge in [-0.3, -0.25) is 19.7 Å². The highest BCUT2D eigenvalue weighted by atomic mass is 16.6. The monoisotopic (exact) mass is 456 g/mol. The van der Waals surface area contributed by atoms with Gasteiger partial charge < -0.3 is 19.1 Å². The minimum atomic E-state index is -0.582. The first-order valence-corrected chi connectivity index (χ1v) is 10.3. The zero-order valence-electron chi connectivity index (χ0n) is 18.1. The van der Waals surface area contributed by atoms with Crippen LogP contribution in [0.2, 0.25) is 0 Å². The number of hydrogen-bond acceptors (Lipinski definition) is 8. The lowest BCUT2D eigenvalue weighted by Crippen LogP contribution is -2.43. The summed E-state index contributed by atoms with van der Waals surface area (Å²) in [5.74, 6) is 0.134. The van der Waals surface area contributed by atoms with Crippen molar-refractivity contribution in [1.29, 1.82) is 0 Å². The number of amides is 2. The summed E-state index contributed by atoms with van der Waals surface area (Å²) in [6, 6.07) is 10.4. The average molecular weight is 456 g/mol. The van der Waals surface area contributed by atoms with Gasteiger partial charge in [0.15, 0.2) is 18.1 Å². The molecule has 0 unspecified atom stereocenters. The molecule has 0 aromatic heterocycles. The molecule has 0 bridgehead atoms. The normalized spacial score (nSPS) is 13.5. The van der Waals surface area contributed by atoms with Crippen LogP contribution >= 0.6 is 0 Å². The van der Waals surface area contributed by atoms with Gasteiger partial charge in [-0.15, -0.1) is 0 Å². The van der Waals surface area contributed by atoms with Crippen molar-refractivity contribution in [2.75, 3.05) is 39.5 Å². The van der Waals surface area contributed by atoms with Gasteiger partial charge in [0, 0.05) is 30.8 Å². The molecule has 2 aromatic rings. The Hall–Kier alpha value is -3.99. The number of carbonyl (C=O) groups is 2. The second-order valence-electron chi connectivity index (χ2n) is 6.93. The van der Waals surface area contributed by atoms with Crippen molar-refractivity contribution in [1.82, 2.24) is 10.3 Å². The molecule has 11 heteroatoms. The third kappa shape index (κ3) is 6.74. The van der Waals surface area contributed by atoms with Gasteiger partial charge in [-0.2, -0.15) is 5.10 Å². The number of ether oxygens (including phenoxy) is 3. The van der Waals surface area contributed by atoms with Crippen LogP contribution in [0.5, 0.6) is 11.5 Å². The molecule has 1 N–H and O–H groups in total. The first kappa shape index (κ1) is 23.7.